The Morgan fingerprint density at radius 1 is 1.12 bits per heavy atom. The van der Waals surface area contributed by atoms with E-state index in [1.165, 1.54) is 13.1 Å². The Morgan fingerprint density at radius 2 is 1.72 bits per heavy atom. The number of methoxy groups -OCH3 is 1. The number of ether oxygens (including phenoxy) is 1. The minimum atomic E-state index is -0.350. The molecular weight excluding hydrogens is 454 g/mol. The largest absolute Gasteiger partial charge is 0.494 e. The smallest absolute Gasteiger partial charge is 0.271 e. The zero-order valence-corrected chi connectivity index (χ0v) is 16.6. The van der Waals surface area contributed by atoms with Gasteiger partial charge in [0.2, 0.25) is 5.91 Å². The highest BCUT2D eigenvalue weighted by Crippen LogP contribution is 2.33. The fraction of sp³-hybridized carbons (Fsp3) is 0.118. The van der Waals surface area contributed by atoms with Crippen LogP contribution in [0.25, 0.3) is 0 Å². The highest BCUT2D eigenvalue weighted by Gasteiger charge is 2.07. The quantitative estimate of drug-likeness (QED) is 0.515. The highest BCUT2D eigenvalue weighted by molar-refractivity contribution is 9.11. The maximum atomic E-state index is 12.1. The summed E-state index contributed by atoms with van der Waals surface area (Å²) < 4.78 is 6.77. The number of amides is 2. The van der Waals surface area contributed by atoms with Crippen LogP contribution in [0.1, 0.15) is 22.8 Å². The van der Waals surface area contributed by atoms with Gasteiger partial charge in [-0.1, -0.05) is 0 Å². The van der Waals surface area contributed by atoms with Crippen molar-refractivity contribution in [3.63, 3.8) is 0 Å². The van der Waals surface area contributed by atoms with Crippen LogP contribution < -0.4 is 15.5 Å². The molecule has 0 atom stereocenters. The Morgan fingerprint density at radius 3 is 2.24 bits per heavy atom. The molecule has 6 nitrogen and oxygen atoms in total. The first-order valence-electron chi connectivity index (χ1n) is 7.15. The number of carbonyl (C=O) groups is 2. The zero-order valence-electron chi connectivity index (χ0n) is 13.5. The molecule has 0 aromatic heterocycles. The van der Waals surface area contributed by atoms with Crippen molar-refractivity contribution in [2.24, 2.45) is 5.10 Å². The molecule has 0 radical (unpaired) electrons. The van der Waals surface area contributed by atoms with Crippen LogP contribution in [0.5, 0.6) is 5.75 Å². The van der Waals surface area contributed by atoms with Crippen LogP contribution in [0.3, 0.4) is 0 Å². The van der Waals surface area contributed by atoms with E-state index in [1.807, 2.05) is 12.1 Å². The van der Waals surface area contributed by atoms with Gasteiger partial charge in [-0.3, -0.25) is 9.59 Å². The monoisotopic (exact) mass is 467 g/mol. The topological polar surface area (TPSA) is 79.8 Å². The van der Waals surface area contributed by atoms with E-state index in [1.54, 1.807) is 31.4 Å². The number of rotatable bonds is 5. The van der Waals surface area contributed by atoms with Crippen LogP contribution in [0.4, 0.5) is 5.69 Å². The third kappa shape index (κ3) is 5.40. The molecule has 0 heterocycles. The number of benzene rings is 2. The maximum Gasteiger partial charge on any atom is 0.271 e. The number of halogens is 2. The minimum Gasteiger partial charge on any atom is -0.494 e. The summed E-state index contributed by atoms with van der Waals surface area (Å²) in [7, 11) is 1.58. The van der Waals surface area contributed by atoms with Gasteiger partial charge in [-0.05, 0) is 73.8 Å². The molecule has 25 heavy (non-hydrogen) atoms. The molecule has 0 bridgehead atoms. The molecule has 0 saturated heterocycles. The first-order chi connectivity index (χ1) is 11.9. The fourth-order valence-electron chi connectivity index (χ4n) is 1.99. The van der Waals surface area contributed by atoms with Crippen LogP contribution in [0.15, 0.2) is 50.4 Å². The van der Waals surface area contributed by atoms with Crippen LogP contribution >= 0.6 is 31.9 Å². The second-order valence-corrected chi connectivity index (χ2v) is 6.68. The van der Waals surface area contributed by atoms with Crippen LogP contribution in [-0.2, 0) is 4.79 Å². The number of hydrazone groups is 1. The fourth-order valence-corrected chi connectivity index (χ4v) is 3.53. The van der Waals surface area contributed by atoms with E-state index in [0.717, 1.165) is 14.5 Å². The first-order valence-corrected chi connectivity index (χ1v) is 8.73. The molecule has 8 heteroatoms. The second kappa shape index (κ2) is 8.77. The predicted octanol–water partition coefficient (Wildman–Crippen LogP) is 3.94. The van der Waals surface area contributed by atoms with Gasteiger partial charge in [0.25, 0.3) is 5.91 Å². The summed E-state index contributed by atoms with van der Waals surface area (Å²) >= 11 is 6.81. The summed E-state index contributed by atoms with van der Waals surface area (Å²) in [5, 5.41) is 6.59. The van der Waals surface area contributed by atoms with Crippen LogP contribution in [0, 0.1) is 0 Å². The summed E-state index contributed by atoms with van der Waals surface area (Å²) in [6.07, 6.45) is 1.53. The van der Waals surface area contributed by atoms with Crippen molar-refractivity contribution in [2.75, 3.05) is 12.4 Å². The van der Waals surface area contributed by atoms with Gasteiger partial charge in [0, 0.05) is 18.2 Å². The van der Waals surface area contributed by atoms with E-state index in [2.05, 4.69) is 47.7 Å². The lowest BCUT2D eigenvalue weighted by Gasteiger charge is -2.07. The van der Waals surface area contributed by atoms with Gasteiger partial charge in [0.1, 0.15) is 5.75 Å². The Balaban J connectivity index is 2.02. The molecule has 0 aliphatic heterocycles. The van der Waals surface area contributed by atoms with E-state index in [4.69, 9.17) is 4.74 Å². The predicted molar refractivity (Wildman–Crippen MR) is 104 cm³/mol. The van der Waals surface area contributed by atoms with Crippen LogP contribution in [0.2, 0.25) is 0 Å². The van der Waals surface area contributed by atoms with Crippen molar-refractivity contribution in [3.05, 3.63) is 56.5 Å². The molecule has 2 amide bonds. The van der Waals surface area contributed by atoms with Crippen molar-refractivity contribution in [3.8, 4) is 5.75 Å². The van der Waals surface area contributed by atoms with Gasteiger partial charge in [-0.15, -0.1) is 0 Å². The van der Waals surface area contributed by atoms with Gasteiger partial charge in [-0.2, -0.15) is 5.10 Å². The van der Waals surface area contributed by atoms with Gasteiger partial charge in [0.15, 0.2) is 0 Å². The van der Waals surface area contributed by atoms with E-state index in [0.29, 0.717) is 17.0 Å². The molecule has 130 valence electrons. The number of anilines is 1. The van der Waals surface area contributed by atoms with Crippen molar-refractivity contribution < 1.29 is 14.3 Å². The normalized spacial score (nSPS) is 10.6. The average molecular weight is 469 g/mol. The third-order valence-electron chi connectivity index (χ3n) is 3.07. The summed E-state index contributed by atoms with van der Waals surface area (Å²) in [4.78, 5) is 23.0. The standard InChI is InChI=1S/C17H15Br2N3O3/c1-10(23)21-13-5-3-12(4-6-13)17(24)22-20-9-11-7-14(18)16(25-2)15(19)8-11/h3-9H,1-2H3,(H,21,23)(H,22,24)/b20-9-. The number of carbonyl (C=O) groups excluding carboxylic acids is 2. The lowest BCUT2D eigenvalue weighted by molar-refractivity contribution is -0.114. The number of hydrogen-bond acceptors (Lipinski definition) is 4. The number of hydrogen-bond donors (Lipinski definition) is 2. The zero-order chi connectivity index (χ0) is 18.4. The van der Waals surface area contributed by atoms with Gasteiger partial charge in [-0.25, -0.2) is 5.43 Å². The van der Waals surface area contributed by atoms with Crippen LogP contribution in [-0.4, -0.2) is 25.1 Å². The molecule has 2 rings (SSSR count). The van der Waals surface area contributed by atoms with E-state index < -0.39 is 0 Å². The summed E-state index contributed by atoms with van der Waals surface area (Å²) in [5.74, 6) is 0.163. The number of nitrogens with one attached hydrogen (secondary N) is 2. The minimum absolute atomic E-state index is 0.168. The lowest BCUT2D eigenvalue weighted by atomic mass is 10.2. The van der Waals surface area contributed by atoms with Gasteiger partial charge >= 0.3 is 0 Å². The van der Waals surface area contributed by atoms with Crippen molar-refractivity contribution in [1.29, 1.82) is 0 Å². The molecule has 0 fully saturated rings. The Hall–Kier alpha value is -2.19. The Bertz CT molecular complexity index is 797. The SMILES string of the molecule is COc1c(Br)cc(/C=N\NC(=O)c2ccc(NC(C)=O)cc2)cc1Br. The summed E-state index contributed by atoms with van der Waals surface area (Å²) in [5.41, 5.74) is 4.29. The third-order valence-corrected chi connectivity index (χ3v) is 4.25. The average Bonchev–Trinajstić information content (AvgIpc) is 2.54. The molecule has 2 aromatic rings. The molecule has 0 aliphatic rings. The maximum absolute atomic E-state index is 12.1. The molecule has 2 N–H and O–H groups in total. The molecule has 2 aromatic carbocycles. The molecular formula is C17H15Br2N3O3. The Labute approximate surface area is 161 Å². The van der Waals surface area contributed by atoms with E-state index >= 15 is 0 Å². The molecule has 0 spiro atoms. The highest BCUT2D eigenvalue weighted by atomic mass is 79.9. The number of nitrogens with zero attached hydrogens (tertiary/aromatic N) is 1. The molecule has 0 aliphatic carbocycles. The van der Waals surface area contributed by atoms with E-state index in [9.17, 15) is 9.59 Å². The van der Waals surface area contributed by atoms with Gasteiger partial charge < -0.3 is 10.1 Å². The Kier molecular flexibility index (Phi) is 6.72. The molecule has 0 unspecified atom stereocenters. The molecule has 0 saturated carbocycles. The summed E-state index contributed by atoms with van der Waals surface area (Å²) in [6, 6.07) is 10.2. The van der Waals surface area contributed by atoms with E-state index in [-0.39, 0.29) is 11.8 Å². The van der Waals surface area contributed by atoms with Crippen molar-refractivity contribution in [2.45, 2.75) is 6.92 Å². The van der Waals surface area contributed by atoms with Gasteiger partial charge in [0.05, 0.1) is 22.3 Å². The lowest BCUT2D eigenvalue weighted by Crippen LogP contribution is -2.17. The van der Waals surface area contributed by atoms with Crippen molar-refractivity contribution >= 4 is 55.6 Å². The van der Waals surface area contributed by atoms with Crippen molar-refractivity contribution in [1.82, 2.24) is 5.43 Å². The second-order valence-electron chi connectivity index (χ2n) is 4.98. The summed E-state index contributed by atoms with van der Waals surface area (Å²) in [6.45, 7) is 1.42. The first kappa shape index (κ1) is 19.1.